The number of ether oxygens (including phenoxy) is 1. The van der Waals surface area contributed by atoms with Crippen LogP contribution < -0.4 is 10.5 Å². The Labute approximate surface area is 169 Å². The van der Waals surface area contributed by atoms with Crippen LogP contribution in [0, 0.1) is 0 Å². The van der Waals surface area contributed by atoms with Crippen LogP contribution >= 0.6 is 0 Å². The molecule has 0 atom stereocenters. The van der Waals surface area contributed by atoms with Gasteiger partial charge in [0, 0.05) is 36.5 Å². The van der Waals surface area contributed by atoms with E-state index in [1.165, 1.54) is 0 Å². The lowest BCUT2D eigenvalue weighted by atomic mass is 9.94. The lowest BCUT2D eigenvalue weighted by molar-refractivity contribution is 0.100. The van der Waals surface area contributed by atoms with Gasteiger partial charge in [-0.05, 0) is 43.2 Å². The molecule has 0 aliphatic carbocycles. The Balaban J connectivity index is 1.70. The van der Waals surface area contributed by atoms with E-state index in [-0.39, 0.29) is 0 Å². The van der Waals surface area contributed by atoms with Crippen LogP contribution in [0.3, 0.4) is 0 Å². The van der Waals surface area contributed by atoms with Crippen molar-refractivity contribution in [3.05, 3.63) is 66.7 Å². The third-order valence-electron chi connectivity index (χ3n) is 5.65. The van der Waals surface area contributed by atoms with Crippen LogP contribution in [0.5, 0.6) is 5.75 Å². The number of hydrogen-bond donors (Lipinski definition) is 2. The molecule has 1 aliphatic rings. The fourth-order valence-electron chi connectivity index (χ4n) is 4.01. The zero-order valence-electron chi connectivity index (χ0n) is 16.5. The molecule has 0 bridgehead atoms. The fourth-order valence-corrected chi connectivity index (χ4v) is 4.01. The highest BCUT2D eigenvalue weighted by Crippen LogP contribution is 2.33. The Kier molecular flexibility index (Phi) is 4.88. The number of nitrogens with two attached hydrogens (primary N) is 1. The van der Waals surface area contributed by atoms with Crippen LogP contribution in [-0.4, -0.2) is 45.6 Å². The van der Waals surface area contributed by atoms with Crippen molar-refractivity contribution in [2.45, 2.75) is 18.8 Å². The van der Waals surface area contributed by atoms with E-state index in [1.54, 1.807) is 13.2 Å². The molecule has 7 heteroatoms. The van der Waals surface area contributed by atoms with Crippen LogP contribution in [0.1, 0.15) is 34.8 Å². The number of amides is 1. The molecular formula is C22H25N5O2. The molecule has 3 heterocycles. The standard InChI is InChI=1S/C22H25N5O2/c1-4-14(2)26-11-9-15(10-12-26)18-13-24-22-19(21(23)28)20(25-27(18)22)16-5-7-17(29-3)8-6-16/h4-8,13,15,24H,1-2,9-12H2,3H3,(H2,23,28). The largest absolute Gasteiger partial charge is 0.497 e. The maximum Gasteiger partial charge on any atom is 0.254 e. The minimum atomic E-state index is -0.503. The van der Waals surface area contributed by atoms with Crippen LogP contribution in [0.2, 0.25) is 0 Å². The molecule has 0 spiro atoms. The van der Waals surface area contributed by atoms with Crippen molar-refractivity contribution in [3.63, 3.8) is 0 Å². The number of likely N-dealkylation sites (tertiary alicyclic amines) is 1. The first-order chi connectivity index (χ1) is 14.0. The second-order valence-electron chi connectivity index (χ2n) is 7.25. The number of carbonyl (C=O) groups is 1. The number of allylic oxidation sites excluding steroid dienone is 1. The molecule has 150 valence electrons. The monoisotopic (exact) mass is 391 g/mol. The molecule has 3 N–H and O–H groups in total. The Morgan fingerprint density at radius 3 is 2.59 bits per heavy atom. The number of nitrogens with zero attached hydrogens (tertiary/aromatic N) is 3. The van der Waals surface area contributed by atoms with Crippen molar-refractivity contribution in [2.24, 2.45) is 5.73 Å². The van der Waals surface area contributed by atoms with Crippen LogP contribution in [0.4, 0.5) is 0 Å². The molecule has 7 nitrogen and oxygen atoms in total. The predicted octanol–water partition coefficient (Wildman–Crippen LogP) is 3.32. The van der Waals surface area contributed by atoms with Gasteiger partial charge < -0.3 is 20.4 Å². The van der Waals surface area contributed by atoms with Gasteiger partial charge in [-0.3, -0.25) is 4.79 Å². The number of primary amides is 1. The molecule has 0 radical (unpaired) electrons. The summed E-state index contributed by atoms with van der Waals surface area (Å²) in [6, 6.07) is 7.45. The van der Waals surface area contributed by atoms with E-state index in [0.717, 1.165) is 48.6 Å². The number of nitrogens with one attached hydrogen (secondary N) is 1. The summed E-state index contributed by atoms with van der Waals surface area (Å²) in [7, 11) is 1.62. The average Bonchev–Trinajstić information content (AvgIpc) is 3.32. The van der Waals surface area contributed by atoms with Crippen LogP contribution in [0.15, 0.2) is 55.4 Å². The molecule has 4 rings (SSSR count). The topological polar surface area (TPSA) is 88.6 Å². The highest BCUT2D eigenvalue weighted by molar-refractivity contribution is 6.04. The number of H-pyrrole nitrogens is 1. The van der Waals surface area contributed by atoms with Gasteiger partial charge >= 0.3 is 0 Å². The summed E-state index contributed by atoms with van der Waals surface area (Å²) in [6.45, 7) is 9.67. The number of imidazole rings is 1. The number of methoxy groups -OCH3 is 1. The van der Waals surface area contributed by atoms with Crippen molar-refractivity contribution in [3.8, 4) is 17.0 Å². The molecule has 1 saturated heterocycles. The molecular weight excluding hydrogens is 366 g/mol. The van der Waals surface area contributed by atoms with Gasteiger partial charge in [0.1, 0.15) is 22.7 Å². The molecule has 1 aromatic carbocycles. The number of fused-ring (bicyclic) bond motifs is 1. The minimum absolute atomic E-state index is 0.335. The van der Waals surface area contributed by atoms with Crippen molar-refractivity contribution < 1.29 is 9.53 Å². The summed E-state index contributed by atoms with van der Waals surface area (Å²) in [5, 5.41) is 4.76. The Bertz CT molecular complexity index is 1070. The molecule has 1 fully saturated rings. The number of benzene rings is 1. The lowest BCUT2D eigenvalue weighted by Gasteiger charge is -2.33. The summed E-state index contributed by atoms with van der Waals surface area (Å²) in [4.78, 5) is 17.7. The number of carbonyl (C=O) groups excluding carboxylic acids is 1. The summed E-state index contributed by atoms with van der Waals surface area (Å²) in [6.07, 6.45) is 5.69. The van der Waals surface area contributed by atoms with E-state index in [9.17, 15) is 4.79 Å². The van der Waals surface area contributed by atoms with E-state index in [1.807, 2.05) is 35.0 Å². The van der Waals surface area contributed by atoms with Gasteiger partial charge in [-0.1, -0.05) is 13.2 Å². The van der Waals surface area contributed by atoms with Crippen molar-refractivity contribution >= 4 is 11.6 Å². The second kappa shape index (κ2) is 7.50. The number of hydrogen-bond acceptors (Lipinski definition) is 4. The van der Waals surface area contributed by atoms with Gasteiger partial charge in [-0.25, -0.2) is 4.52 Å². The highest BCUT2D eigenvalue weighted by atomic mass is 16.5. The van der Waals surface area contributed by atoms with E-state index in [4.69, 9.17) is 15.6 Å². The Morgan fingerprint density at radius 2 is 2.00 bits per heavy atom. The van der Waals surface area contributed by atoms with E-state index >= 15 is 0 Å². The Hall–Kier alpha value is -3.48. The number of aromatic amines is 1. The second-order valence-corrected chi connectivity index (χ2v) is 7.25. The lowest BCUT2D eigenvalue weighted by Crippen LogP contribution is -2.31. The molecule has 0 saturated carbocycles. The van der Waals surface area contributed by atoms with Crippen molar-refractivity contribution in [1.29, 1.82) is 0 Å². The maximum absolute atomic E-state index is 12.2. The first-order valence-corrected chi connectivity index (χ1v) is 9.64. The first-order valence-electron chi connectivity index (χ1n) is 9.64. The fraction of sp³-hybridized carbons (Fsp3) is 0.273. The van der Waals surface area contributed by atoms with E-state index in [0.29, 0.717) is 22.8 Å². The van der Waals surface area contributed by atoms with E-state index < -0.39 is 5.91 Å². The Morgan fingerprint density at radius 1 is 1.31 bits per heavy atom. The summed E-state index contributed by atoms with van der Waals surface area (Å²) >= 11 is 0. The highest BCUT2D eigenvalue weighted by Gasteiger charge is 2.27. The van der Waals surface area contributed by atoms with Crippen molar-refractivity contribution in [2.75, 3.05) is 20.2 Å². The van der Waals surface area contributed by atoms with Crippen molar-refractivity contribution in [1.82, 2.24) is 19.5 Å². The minimum Gasteiger partial charge on any atom is -0.497 e. The smallest absolute Gasteiger partial charge is 0.254 e. The number of rotatable bonds is 6. The molecule has 0 unspecified atom stereocenters. The van der Waals surface area contributed by atoms with Crippen LogP contribution in [0.25, 0.3) is 16.9 Å². The van der Waals surface area contributed by atoms with Gasteiger partial charge in [0.05, 0.1) is 12.8 Å². The number of piperidine rings is 1. The predicted molar refractivity (Wildman–Crippen MR) is 113 cm³/mol. The molecule has 2 aromatic heterocycles. The molecule has 3 aromatic rings. The first kappa shape index (κ1) is 18.9. The third kappa shape index (κ3) is 3.29. The molecule has 1 amide bonds. The van der Waals surface area contributed by atoms with Crippen LogP contribution in [-0.2, 0) is 0 Å². The summed E-state index contributed by atoms with van der Waals surface area (Å²) in [5.74, 6) is 0.575. The maximum atomic E-state index is 12.2. The average molecular weight is 391 g/mol. The van der Waals surface area contributed by atoms with Gasteiger partial charge in [0.25, 0.3) is 5.91 Å². The normalized spacial score (nSPS) is 14.9. The molecule has 1 aliphatic heterocycles. The third-order valence-corrected chi connectivity index (χ3v) is 5.65. The molecule has 29 heavy (non-hydrogen) atoms. The summed E-state index contributed by atoms with van der Waals surface area (Å²) in [5.41, 5.74) is 10.2. The van der Waals surface area contributed by atoms with Gasteiger partial charge in [-0.15, -0.1) is 0 Å². The van der Waals surface area contributed by atoms with Gasteiger partial charge in [0.2, 0.25) is 0 Å². The summed E-state index contributed by atoms with van der Waals surface area (Å²) < 4.78 is 7.05. The van der Waals surface area contributed by atoms with Gasteiger partial charge in [-0.2, -0.15) is 5.10 Å². The zero-order chi connectivity index (χ0) is 20.5. The zero-order valence-corrected chi connectivity index (χ0v) is 16.5. The van der Waals surface area contributed by atoms with E-state index in [2.05, 4.69) is 23.0 Å². The quantitative estimate of drug-likeness (QED) is 0.631. The SMILES string of the molecule is C=CC(=C)N1CCC(c2c[nH]c3c(C(N)=O)c(-c4ccc(OC)cc4)nn23)CC1. The number of aromatic nitrogens is 3. The van der Waals surface area contributed by atoms with Gasteiger partial charge in [0.15, 0.2) is 0 Å².